The highest BCUT2D eigenvalue weighted by molar-refractivity contribution is 5.93. The summed E-state index contributed by atoms with van der Waals surface area (Å²) in [5.74, 6) is 2.67. The number of rotatable bonds is 12. The van der Waals surface area contributed by atoms with Crippen LogP contribution < -0.4 is 18.9 Å². The first kappa shape index (κ1) is 23.4. The van der Waals surface area contributed by atoms with Gasteiger partial charge in [-0.3, -0.25) is 0 Å². The second kappa shape index (κ2) is 11.9. The Kier molecular flexibility index (Phi) is 8.22. The van der Waals surface area contributed by atoms with Gasteiger partial charge in [0.25, 0.3) is 0 Å². The SMILES string of the molecule is OC(COc1ccccc1)COc1cccc2c(OCC(O)COc3ccccc3)cccc12. The maximum Gasteiger partial charge on any atom is 0.127 e. The molecule has 0 aliphatic heterocycles. The lowest BCUT2D eigenvalue weighted by molar-refractivity contribution is 0.0627. The minimum atomic E-state index is -0.783. The predicted molar refractivity (Wildman–Crippen MR) is 131 cm³/mol. The average molecular weight is 461 g/mol. The molecule has 0 radical (unpaired) electrons. The van der Waals surface area contributed by atoms with E-state index < -0.39 is 12.2 Å². The molecule has 34 heavy (non-hydrogen) atoms. The topological polar surface area (TPSA) is 77.4 Å². The van der Waals surface area contributed by atoms with Crippen LogP contribution in [0.1, 0.15) is 0 Å². The molecule has 6 nitrogen and oxygen atoms in total. The van der Waals surface area contributed by atoms with Gasteiger partial charge in [-0.15, -0.1) is 0 Å². The fourth-order valence-electron chi connectivity index (χ4n) is 3.39. The quantitative estimate of drug-likeness (QED) is 0.325. The van der Waals surface area contributed by atoms with Crippen molar-refractivity contribution in [2.75, 3.05) is 26.4 Å². The summed E-state index contributed by atoms with van der Waals surface area (Å²) < 4.78 is 22.9. The van der Waals surface area contributed by atoms with Crippen molar-refractivity contribution in [3.63, 3.8) is 0 Å². The first-order chi connectivity index (χ1) is 16.7. The van der Waals surface area contributed by atoms with E-state index in [4.69, 9.17) is 18.9 Å². The second-order valence-electron chi connectivity index (χ2n) is 7.79. The molecule has 0 bridgehead atoms. The zero-order valence-electron chi connectivity index (χ0n) is 18.7. The van der Waals surface area contributed by atoms with Gasteiger partial charge in [-0.05, 0) is 36.4 Å². The largest absolute Gasteiger partial charge is 0.491 e. The van der Waals surface area contributed by atoms with E-state index in [0.717, 1.165) is 10.8 Å². The summed E-state index contributed by atoms with van der Waals surface area (Å²) in [7, 11) is 0. The van der Waals surface area contributed by atoms with Crippen LogP contribution in [0.2, 0.25) is 0 Å². The van der Waals surface area contributed by atoms with Crippen LogP contribution in [0.25, 0.3) is 10.8 Å². The molecule has 4 rings (SSSR count). The Morgan fingerprint density at radius 2 is 0.824 bits per heavy atom. The number of hydrogen-bond acceptors (Lipinski definition) is 6. The van der Waals surface area contributed by atoms with Crippen molar-refractivity contribution in [1.82, 2.24) is 0 Å². The highest BCUT2D eigenvalue weighted by atomic mass is 16.5. The molecule has 4 aromatic carbocycles. The number of benzene rings is 4. The Morgan fingerprint density at radius 3 is 1.24 bits per heavy atom. The molecular formula is C28H28O6. The first-order valence-electron chi connectivity index (χ1n) is 11.2. The van der Waals surface area contributed by atoms with Crippen molar-refractivity contribution in [2.45, 2.75) is 12.2 Å². The van der Waals surface area contributed by atoms with Gasteiger partial charge < -0.3 is 29.2 Å². The van der Waals surface area contributed by atoms with E-state index in [1.807, 2.05) is 97.1 Å². The third-order valence-corrected chi connectivity index (χ3v) is 5.08. The van der Waals surface area contributed by atoms with Gasteiger partial charge in [0.1, 0.15) is 61.6 Å². The summed E-state index contributed by atoms with van der Waals surface area (Å²) in [5.41, 5.74) is 0. The molecule has 0 aliphatic rings. The molecule has 0 fully saturated rings. The van der Waals surface area contributed by atoms with E-state index in [1.54, 1.807) is 0 Å². The van der Waals surface area contributed by atoms with Crippen molar-refractivity contribution in [2.24, 2.45) is 0 Å². The minimum Gasteiger partial charge on any atom is -0.491 e. The van der Waals surface area contributed by atoms with Crippen LogP contribution in [-0.4, -0.2) is 48.8 Å². The Bertz CT molecular complexity index is 1060. The highest BCUT2D eigenvalue weighted by Crippen LogP contribution is 2.32. The zero-order valence-corrected chi connectivity index (χ0v) is 18.7. The molecular weight excluding hydrogens is 432 g/mol. The van der Waals surface area contributed by atoms with Gasteiger partial charge in [-0.1, -0.05) is 60.7 Å². The number of fused-ring (bicyclic) bond motifs is 1. The summed E-state index contributed by atoms with van der Waals surface area (Å²) in [5, 5.41) is 22.2. The summed E-state index contributed by atoms with van der Waals surface area (Å²) in [6, 6.07) is 30.0. The fraction of sp³-hybridized carbons (Fsp3) is 0.214. The average Bonchev–Trinajstić information content (AvgIpc) is 2.89. The van der Waals surface area contributed by atoms with Crippen LogP contribution in [0.5, 0.6) is 23.0 Å². The third-order valence-electron chi connectivity index (χ3n) is 5.08. The van der Waals surface area contributed by atoms with Crippen LogP contribution in [0.3, 0.4) is 0 Å². The van der Waals surface area contributed by atoms with E-state index in [9.17, 15) is 10.2 Å². The number of ether oxygens (including phenoxy) is 4. The van der Waals surface area contributed by atoms with Crippen LogP contribution in [0.4, 0.5) is 0 Å². The first-order valence-corrected chi connectivity index (χ1v) is 11.2. The molecule has 0 heterocycles. The molecule has 0 aliphatic carbocycles. The monoisotopic (exact) mass is 460 g/mol. The number of hydrogen-bond donors (Lipinski definition) is 2. The van der Waals surface area contributed by atoms with Crippen LogP contribution >= 0.6 is 0 Å². The van der Waals surface area contributed by atoms with Gasteiger partial charge >= 0.3 is 0 Å². The minimum absolute atomic E-state index is 0.0899. The Balaban J connectivity index is 1.32. The molecule has 2 unspecified atom stereocenters. The molecule has 176 valence electrons. The second-order valence-corrected chi connectivity index (χ2v) is 7.79. The van der Waals surface area contributed by atoms with E-state index in [-0.39, 0.29) is 26.4 Å². The van der Waals surface area contributed by atoms with Crippen LogP contribution in [0, 0.1) is 0 Å². The maximum atomic E-state index is 10.3. The van der Waals surface area contributed by atoms with Gasteiger partial charge in [0.05, 0.1) is 0 Å². The molecule has 0 amide bonds. The normalized spacial score (nSPS) is 12.6. The van der Waals surface area contributed by atoms with Crippen molar-refractivity contribution in [1.29, 1.82) is 0 Å². The standard InChI is InChI=1S/C28H28O6/c29-21(17-31-23-9-3-1-4-10-23)19-33-27-15-7-14-26-25(27)13-8-16-28(26)34-20-22(30)18-32-24-11-5-2-6-12-24/h1-16,21-22,29-30H,17-20H2. The lowest BCUT2D eigenvalue weighted by atomic mass is 10.1. The molecule has 0 saturated carbocycles. The number of aliphatic hydroxyl groups is 2. The Morgan fingerprint density at radius 1 is 0.441 bits per heavy atom. The molecule has 2 atom stereocenters. The maximum absolute atomic E-state index is 10.3. The van der Waals surface area contributed by atoms with Gasteiger partial charge in [0.2, 0.25) is 0 Å². The van der Waals surface area contributed by atoms with Crippen molar-refractivity contribution < 1.29 is 29.2 Å². The molecule has 4 aromatic rings. The van der Waals surface area contributed by atoms with Gasteiger partial charge in [-0.2, -0.15) is 0 Å². The van der Waals surface area contributed by atoms with Crippen molar-refractivity contribution >= 4 is 10.8 Å². The summed E-state index contributed by atoms with van der Waals surface area (Å²) in [6.45, 7) is 0.442. The van der Waals surface area contributed by atoms with E-state index in [2.05, 4.69) is 0 Å². The van der Waals surface area contributed by atoms with Crippen LogP contribution in [-0.2, 0) is 0 Å². The summed E-state index contributed by atoms with van der Waals surface area (Å²) in [6.07, 6.45) is -1.57. The van der Waals surface area contributed by atoms with E-state index in [0.29, 0.717) is 23.0 Å². The van der Waals surface area contributed by atoms with Crippen molar-refractivity contribution in [3.8, 4) is 23.0 Å². The van der Waals surface area contributed by atoms with Gasteiger partial charge in [0.15, 0.2) is 0 Å². The Labute approximate surface area is 198 Å². The lowest BCUT2D eigenvalue weighted by Crippen LogP contribution is -2.25. The van der Waals surface area contributed by atoms with Gasteiger partial charge in [0, 0.05) is 10.8 Å². The molecule has 0 spiro atoms. The third kappa shape index (κ3) is 6.63. The smallest absolute Gasteiger partial charge is 0.127 e. The summed E-state index contributed by atoms with van der Waals surface area (Å²) in [4.78, 5) is 0. The Hall–Kier alpha value is -3.74. The van der Waals surface area contributed by atoms with Gasteiger partial charge in [-0.25, -0.2) is 0 Å². The lowest BCUT2D eigenvalue weighted by Gasteiger charge is -2.17. The molecule has 0 saturated heterocycles. The molecule has 6 heteroatoms. The van der Waals surface area contributed by atoms with E-state index >= 15 is 0 Å². The number of para-hydroxylation sites is 2. The molecule has 0 aromatic heterocycles. The number of aliphatic hydroxyl groups excluding tert-OH is 2. The fourth-order valence-corrected chi connectivity index (χ4v) is 3.39. The predicted octanol–water partition coefficient (Wildman–Crippen LogP) is 4.48. The van der Waals surface area contributed by atoms with Crippen molar-refractivity contribution in [3.05, 3.63) is 97.1 Å². The molecule has 2 N–H and O–H groups in total. The summed E-state index contributed by atoms with van der Waals surface area (Å²) >= 11 is 0. The highest BCUT2D eigenvalue weighted by Gasteiger charge is 2.12. The van der Waals surface area contributed by atoms with E-state index in [1.165, 1.54) is 0 Å². The zero-order chi connectivity index (χ0) is 23.6. The van der Waals surface area contributed by atoms with Crippen LogP contribution in [0.15, 0.2) is 97.1 Å².